The Morgan fingerprint density at radius 1 is 1.07 bits per heavy atom. The molecule has 0 aromatic heterocycles. The van der Waals surface area contributed by atoms with Gasteiger partial charge in [0.25, 0.3) is 0 Å². The van der Waals surface area contributed by atoms with Crippen LogP contribution in [0, 0.1) is 0 Å². The number of epoxide rings is 1. The van der Waals surface area contributed by atoms with Crippen molar-refractivity contribution in [2.24, 2.45) is 0 Å². The number of carbonyl (C=O) groups is 1. The Morgan fingerprint density at radius 3 is 2.45 bits per heavy atom. The lowest BCUT2D eigenvalue weighted by Crippen LogP contribution is -2.23. The molecular formula is C23H27NO5. The highest BCUT2D eigenvalue weighted by Gasteiger charge is 2.22. The smallest absolute Gasteiger partial charge is 0.244 e. The van der Waals surface area contributed by atoms with Gasteiger partial charge in [0.05, 0.1) is 13.2 Å². The van der Waals surface area contributed by atoms with Crippen LogP contribution in [-0.4, -0.2) is 52.1 Å². The molecule has 2 aromatic rings. The number of hydrogen-bond acceptors (Lipinski definition) is 5. The summed E-state index contributed by atoms with van der Waals surface area (Å²) in [6.45, 7) is 3.03. The summed E-state index contributed by atoms with van der Waals surface area (Å²) in [4.78, 5) is 12.0. The predicted molar refractivity (Wildman–Crippen MR) is 111 cm³/mol. The second kappa shape index (κ2) is 11.2. The number of rotatable bonds is 12. The topological polar surface area (TPSA) is 69.3 Å². The lowest BCUT2D eigenvalue weighted by Gasteiger charge is -2.06. The van der Waals surface area contributed by atoms with Gasteiger partial charge in [-0.05, 0) is 47.9 Å². The third-order valence-electron chi connectivity index (χ3n) is 4.34. The summed E-state index contributed by atoms with van der Waals surface area (Å²) in [7, 11) is 1.64. The Hall–Kier alpha value is -2.83. The van der Waals surface area contributed by atoms with Crippen LogP contribution in [0.1, 0.15) is 11.1 Å². The molecule has 1 aliphatic heterocycles. The number of hydrogen-bond donors (Lipinski definition) is 1. The molecule has 0 radical (unpaired) electrons. The molecule has 29 heavy (non-hydrogen) atoms. The molecule has 1 amide bonds. The van der Waals surface area contributed by atoms with Gasteiger partial charge in [-0.2, -0.15) is 0 Å². The number of ether oxygens (including phenoxy) is 4. The summed E-state index contributed by atoms with van der Waals surface area (Å²) in [5.41, 5.74) is 2.08. The summed E-state index contributed by atoms with van der Waals surface area (Å²) < 4.78 is 21.2. The third kappa shape index (κ3) is 7.97. The van der Waals surface area contributed by atoms with E-state index in [1.54, 1.807) is 13.2 Å². The molecule has 1 heterocycles. The number of carbonyl (C=O) groups excluding carboxylic acids is 1. The minimum atomic E-state index is -0.116. The maximum atomic E-state index is 12.0. The molecule has 0 spiro atoms. The second-order valence-electron chi connectivity index (χ2n) is 6.69. The molecule has 0 saturated carbocycles. The van der Waals surface area contributed by atoms with E-state index in [1.807, 2.05) is 48.5 Å². The minimum Gasteiger partial charge on any atom is -0.491 e. The first kappa shape index (κ1) is 20.9. The fraction of sp³-hybridized carbons (Fsp3) is 0.348. The first-order valence-corrected chi connectivity index (χ1v) is 9.74. The first-order valence-electron chi connectivity index (χ1n) is 9.74. The van der Waals surface area contributed by atoms with Crippen molar-refractivity contribution in [2.75, 3.05) is 40.1 Å². The van der Waals surface area contributed by atoms with Gasteiger partial charge in [-0.25, -0.2) is 0 Å². The summed E-state index contributed by atoms with van der Waals surface area (Å²) in [6.07, 6.45) is 4.34. The number of amides is 1. The Morgan fingerprint density at radius 2 is 1.76 bits per heavy atom. The van der Waals surface area contributed by atoms with Gasteiger partial charge in [-0.1, -0.05) is 24.3 Å². The highest BCUT2D eigenvalue weighted by Crippen LogP contribution is 2.16. The van der Waals surface area contributed by atoms with Gasteiger partial charge in [0.2, 0.25) is 5.91 Å². The molecular weight excluding hydrogens is 370 g/mol. The molecule has 2 aromatic carbocycles. The van der Waals surface area contributed by atoms with Gasteiger partial charge in [-0.3, -0.25) is 4.79 Å². The Labute approximate surface area is 171 Å². The van der Waals surface area contributed by atoms with Crippen LogP contribution in [0.4, 0.5) is 0 Å². The van der Waals surface area contributed by atoms with Crippen molar-refractivity contribution in [2.45, 2.75) is 12.5 Å². The van der Waals surface area contributed by atoms with Gasteiger partial charge >= 0.3 is 0 Å². The highest BCUT2D eigenvalue weighted by molar-refractivity contribution is 5.91. The molecule has 154 valence electrons. The Kier molecular flexibility index (Phi) is 8.10. The van der Waals surface area contributed by atoms with E-state index in [0.29, 0.717) is 26.4 Å². The molecule has 1 N–H and O–H groups in total. The molecule has 0 aliphatic carbocycles. The van der Waals surface area contributed by atoms with Gasteiger partial charge in [-0.15, -0.1) is 0 Å². The van der Waals surface area contributed by atoms with Gasteiger partial charge < -0.3 is 24.3 Å². The molecule has 1 saturated heterocycles. The van der Waals surface area contributed by atoms with Crippen LogP contribution in [0.3, 0.4) is 0 Å². The van der Waals surface area contributed by atoms with Crippen molar-refractivity contribution in [1.82, 2.24) is 5.32 Å². The van der Waals surface area contributed by atoms with Gasteiger partial charge in [0, 0.05) is 19.7 Å². The zero-order chi connectivity index (χ0) is 20.3. The maximum Gasteiger partial charge on any atom is 0.244 e. The van der Waals surface area contributed by atoms with Crippen molar-refractivity contribution < 1.29 is 23.7 Å². The normalized spacial score (nSPS) is 15.3. The molecule has 1 atom stereocenters. The van der Waals surface area contributed by atoms with E-state index in [0.717, 1.165) is 35.7 Å². The van der Waals surface area contributed by atoms with Crippen molar-refractivity contribution in [3.8, 4) is 11.5 Å². The van der Waals surface area contributed by atoms with Crippen LogP contribution in [-0.2, 0) is 20.7 Å². The average Bonchev–Trinajstić information content (AvgIpc) is 3.57. The van der Waals surface area contributed by atoms with E-state index in [-0.39, 0.29) is 12.0 Å². The molecule has 1 fully saturated rings. The van der Waals surface area contributed by atoms with Crippen LogP contribution in [0.15, 0.2) is 54.6 Å². The molecule has 1 unspecified atom stereocenters. The lowest BCUT2D eigenvalue weighted by atomic mass is 10.1. The molecule has 0 bridgehead atoms. The fourth-order valence-electron chi connectivity index (χ4n) is 2.58. The molecule has 1 aliphatic rings. The number of methoxy groups -OCH3 is 1. The standard InChI is InChI=1S/C23H27NO5/c1-26-14-15-27-20-7-2-18(3-8-20)6-11-23(25)24-13-12-19-4-9-21(10-5-19)28-16-22-17-29-22/h2-11,22H,12-17H2,1H3,(H,24,25)/b11-6+. The zero-order valence-electron chi connectivity index (χ0n) is 16.6. The SMILES string of the molecule is COCCOc1ccc(/C=C/C(=O)NCCc2ccc(OCC3CO3)cc2)cc1. The largest absolute Gasteiger partial charge is 0.491 e. The van der Waals surface area contributed by atoms with Crippen LogP contribution in [0.5, 0.6) is 11.5 Å². The first-order chi connectivity index (χ1) is 14.2. The van der Waals surface area contributed by atoms with E-state index in [4.69, 9.17) is 18.9 Å². The van der Waals surface area contributed by atoms with E-state index in [1.165, 1.54) is 6.08 Å². The average molecular weight is 397 g/mol. The third-order valence-corrected chi connectivity index (χ3v) is 4.34. The van der Waals surface area contributed by atoms with E-state index in [2.05, 4.69) is 5.32 Å². The summed E-state index contributed by atoms with van der Waals surface area (Å²) >= 11 is 0. The van der Waals surface area contributed by atoms with E-state index < -0.39 is 0 Å². The Bertz CT molecular complexity index is 782. The van der Waals surface area contributed by atoms with Crippen molar-refractivity contribution in [3.05, 3.63) is 65.7 Å². The number of nitrogens with one attached hydrogen (secondary N) is 1. The van der Waals surface area contributed by atoms with E-state index >= 15 is 0 Å². The Balaban J connectivity index is 1.34. The quantitative estimate of drug-likeness (QED) is 0.339. The maximum absolute atomic E-state index is 12.0. The summed E-state index contributed by atoms with van der Waals surface area (Å²) in [5, 5.41) is 2.90. The highest BCUT2D eigenvalue weighted by atomic mass is 16.6. The lowest BCUT2D eigenvalue weighted by molar-refractivity contribution is -0.116. The zero-order valence-corrected chi connectivity index (χ0v) is 16.6. The summed E-state index contributed by atoms with van der Waals surface area (Å²) in [6, 6.07) is 15.5. The van der Waals surface area contributed by atoms with Crippen molar-refractivity contribution >= 4 is 12.0 Å². The van der Waals surface area contributed by atoms with Gasteiger partial charge in [0.1, 0.15) is 30.8 Å². The van der Waals surface area contributed by atoms with Crippen LogP contribution >= 0.6 is 0 Å². The van der Waals surface area contributed by atoms with Crippen molar-refractivity contribution in [3.63, 3.8) is 0 Å². The monoisotopic (exact) mass is 397 g/mol. The van der Waals surface area contributed by atoms with Crippen LogP contribution in [0.2, 0.25) is 0 Å². The summed E-state index contributed by atoms with van der Waals surface area (Å²) in [5.74, 6) is 1.50. The van der Waals surface area contributed by atoms with Crippen LogP contribution < -0.4 is 14.8 Å². The molecule has 6 heteroatoms. The van der Waals surface area contributed by atoms with E-state index in [9.17, 15) is 4.79 Å². The minimum absolute atomic E-state index is 0.116. The van der Waals surface area contributed by atoms with Crippen molar-refractivity contribution in [1.29, 1.82) is 0 Å². The fourth-order valence-corrected chi connectivity index (χ4v) is 2.58. The second-order valence-corrected chi connectivity index (χ2v) is 6.69. The van der Waals surface area contributed by atoms with Crippen LogP contribution in [0.25, 0.3) is 6.08 Å². The predicted octanol–water partition coefficient (Wildman–Crippen LogP) is 2.86. The molecule has 6 nitrogen and oxygen atoms in total. The molecule has 3 rings (SSSR count). The number of benzene rings is 2. The van der Waals surface area contributed by atoms with Gasteiger partial charge in [0.15, 0.2) is 0 Å².